The fraction of sp³-hybridized carbons (Fsp3) is 0.714. The van der Waals surface area contributed by atoms with Crippen LogP contribution in [0, 0.1) is 5.92 Å². The zero-order valence-corrected chi connectivity index (χ0v) is 5.17. The van der Waals surface area contributed by atoms with E-state index >= 15 is 0 Å². The lowest BCUT2D eigenvalue weighted by atomic mass is 10.2. The highest BCUT2D eigenvalue weighted by Gasteiger charge is 2.30. The van der Waals surface area contributed by atoms with Gasteiger partial charge in [0.05, 0.1) is 0 Å². The summed E-state index contributed by atoms with van der Waals surface area (Å²) in [4.78, 5) is 2.42. The summed E-state index contributed by atoms with van der Waals surface area (Å²) in [5.41, 5.74) is 0. The standard InChI is InChI=1S/C7H11N/c1-8-5-6-2-3-7(8)4-6/h2-3,6-7H,4-5H2,1H3. The minimum atomic E-state index is 0.792. The maximum atomic E-state index is 2.42. The van der Waals surface area contributed by atoms with Crippen molar-refractivity contribution < 1.29 is 0 Å². The molecule has 1 saturated heterocycles. The molecule has 8 heavy (non-hydrogen) atoms. The third-order valence-corrected chi connectivity index (χ3v) is 2.24. The van der Waals surface area contributed by atoms with Gasteiger partial charge in [-0.15, -0.1) is 0 Å². The van der Waals surface area contributed by atoms with Crippen molar-refractivity contribution >= 4 is 0 Å². The molecule has 1 nitrogen and oxygen atoms in total. The van der Waals surface area contributed by atoms with Gasteiger partial charge in [0, 0.05) is 12.6 Å². The predicted octanol–water partition coefficient (Wildman–Crippen LogP) is 0.876. The molecule has 1 aliphatic carbocycles. The van der Waals surface area contributed by atoms with Gasteiger partial charge in [-0.2, -0.15) is 0 Å². The molecule has 0 aromatic rings. The lowest BCUT2D eigenvalue weighted by molar-refractivity contribution is 0.345. The largest absolute Gasteiger partial charge is 0.299 e. The van der Waals surface area contributed by atoms with Crippen molar-refractivity contribution in [1.82, 2.24) is 4.90 Å². The van der Waals surface area contributed by atoms with Crippen molar-refractivity contribution in [3.63, 3.8) is 0 Å². The van der Waals surface area contributed by atoms with E-state index in [1.807, 2.05) is 0 Å². The van der Waals surface area contributed by atoms with Crippen LogP contribution in [0.25, 0.3) is 0 Å². The van der Waals surface area contributed by atoms with E-state index in [1.165, 1.54) is 13.0 Å². The average molecular weight is 109 g/mol. The number of rotatable bonds is 0. The average Bonchev–Trinajstić information content (AvgIpc) is 2.23. The number of nitrogens with zero attached hydrogens (tertiary/aromatic N) is 1. The first kappa shape index (κ1) is 4.57. The smallest absolute Gasteiger partial charge is 0.0281 e. The van der Waals surface area contributed by atoms with Gasteiger partial charge in [-0.1, -0.05) is 12.2 Å². The molecule has 0 N–H and O–H groups in total. The van der Waals surface area contributed by atoms with Crippen LogP contribution >= 0.6 is 0 Å². The van der Waals surface area contributed by atoms with Gasteiger partial charge in [-0.25, -0.2) is 0 Å². The van der Waals surface area contributed by atoms with E-state index in [-0.39, 0.29) is 0 Å². The summed E-state index contributed by atoms with van der Waals surface area (Å²) in [6.07, 6.45) is 6.06. The van der Waals surface area contributed by atoms with Crippen molar-refractivity contribution in [2.24, 2.45) is 5.92 Å². The summed E-state index contributed by atoms with van der Waals surface area (Å²) < 4.78 is 0. The van der Waals surface area contributed by atoms with Crippen LogP contribution in [0.15, 0.2) is 12.2 Å². The van der Waals surface area contributed by atoms with Crippen molar-refractivity contribution in [3.05, 3.63) is 12.2 Å². The Bertz CT molecular complexity index is 128. The Morgan fingerprint density at radius 3 is 2.62 bits per heavy atom. The minimum absolute atomic E-state index is 0.792. The first-order valence-electron chi connectivity index (χ1n) is 3.25. The fourth-order valence-corrected chi connectivity index (χ4v) is 1.72. The summed E-state index contributed by atoms with van der Waals surface area (Å²) in [6.45, 7) is 1.29. The Morgan fingerprint density at radius 2 is 2.38 bits per heavy atom. The Balaban J connectivity index is 2.23. The molecule has 0 aromatic carbocycles. The second-order valence-electron chi connectivity index (χ2n) is 2.89. The Kier molecular flexibility index (Phi) is 0.770. The van der Waals surface area contributed by atoms with Gasteiger partial charge in [0.25, 0.3) is 0 Å². The molecule has 2 rings (SSSR count). The summed E-state index contributed by atoms with van der Waals surface area (Å²) in [7, 11) is 2.20. The molecule has 0 amide bonds. The van der Waals surface area contributed by atoms with E-state index in [0.717, 1.165) is 12.0 Å². The quantitative estimate of drug-likeness (QED) is 0.417. The number of hydrogen-bond acceptors (Lipinski definition) is 1. The molecule has 1 aliphatic heterocycles. The van der Waals surface area contributed by atoms with Crippen LogP contribution in [0.3, 0.4) is 0 Å². The van der Waals surface area contributed by atoms with Crippen molar-refractivity contribution in [2.75, 3.05) is 13.6 Å². The number of likely N-dealkylation sites (tertiary alicyclic amines) is 1. The van der Waals surface area contributed by atoms with Crippen LogP contribution < -0.4 is 0 Å². The van der Waals surface area contributed by atoms with Crippen LogP contribution in [-0.4, -0.2) is 24.5 Å². The van der Waals surface area contributed by atoms with E-state index in [0.29, 0.717) is 0 Å². The third kappa shape index (κ3) is 0.451. The van der Waals surface area contributed by atoms with Crippen molar-refractivity contribution in [1.29, 1.82) is 0 Å². The van der Waals surface area contributed by atoms with Crippen molar-refractivity contribution in [3.8, 4) is 0 Å². The molecule has 0 radical (unpaired) electrons. The van der Waals surface area contributed by atoms with Crippen LogP contribution in [0.2, 0.25) is 0 Å². The van der Waals surface area contributed by atoms with Crippen LogP contribution in [0.4, 0.5) is 0 Å². The van der Waals surface area contributed by atoms with E-state index in [9.17, 15) is 0 Å². The second-order valence-corrected chi connectivity index (χ2v) is 2.89. The third-order valence-electron chi connectivity index (χ3n) is 2.24. The van der Waals surface area contributed by atoms with E-state index in [1.54, 1.807) is 0 Å². The van der Waals surface area contributed by atoms with Crippen LogP contribution in [0.1, 0.15) is 6.42 Å². The molecule has 2 aliphatic rings. The molecule has 0 saturated carbocycles. The summed E-state index contributed by atoms with van der Waals surface area (Å²) >= 11 is 0. The van der Waals surface area contributed by atoms with E-state index in [2.05, 4.69) is 24.1 Å². The lowest BCUT2D eigenvalue weighted by Crippen LogP contribution is -2.24. The van der Waals surface area contributed by atoms with Gasteiger partial charge in [0.1, 0.15) is 0 Å². The second kappa shape index (κ2) is 1.35. The van der Waals surface area contributed by atoms with E-state index in [4.69, 9.17) is 0 Å². The molecule has 1 heteroatoms. The van der Waals surface area contributed by atoms with E-state index < -0.39 is 0 Å². The van der Waals surface area contributed by atoms with Crippen LogP contribution in [-0.2, 0) is 0 Å². The summed E-state index contributed by atoms with van der Waals surface area (Å²) in [5.74, 6) is 0.894. The molecular weight excluding hydrogens is 98.1 g/mol. The highest BCUT2D eigenvalue weighted by molar-refractivity contribution is 5.11. The number of fused-ring (bicyclic) bond motifs is 2. The Morgan fingerprint density at radius 1 is 1.50 bits per heavy atom. The van der Waals surface area contributed by atoms with Gasteiger partial charge in [-0.3, -0.25) is 4.90 Å². The zero-order valence-electron chi connectivity index (χ0n) is 5.17. The molecule has 0 aromatic heterocycles. The lowest BCUT2D eigenvalue weighted by Gasteiger charge is -2.16. The molecule has 1 fully saturated rings. The normalized spacial score (nSPS) is 44.1. The molecule has 44 valence electrons. The Labute approximate surface area is 50.0 Å². The highest BCUT2D eigenvalue weighted by atomic mass is 15.2. The maximum Gasteiger partial charge on any atom is 0.0281 e. The minimum Gasteiger partial charge on any atom is -0.299 e. The SMILES string of the molecule is CN1CC2C=CC1C2. The topological polar surface area (TPSA) is 3.24 Å². The van der Waals surface area contributed by atoms with Gasteiger partial charge >= 0.3 is 0 Å². The first-order chi connectivity index (χ1) is 3.86. The van der Waals surface area contributed by atoms with Gasteiger partial charge < -0.3 is 0 Å². The van der Waals surface area contributed by atoms with Crippen molar-refractivity contribution in [2.45, 2.75) is 12.5 Å². The first-order valence-corrected chi connectivity index (χ1v) is 3.25. The molecule has 1 heterocycles. The van der Waals surface area contributed by atoms with Gasteiger partial charge in [0.15, 0.2) is 0 Å². The summed E-state index contributed by atoms with van der Waals surface area (Å²) in [5, 5.41) is 0. The molecule has 2 unspecified atom stereocenters. The number of hydrogen-bond donors (Lipinski definition) is 0. The molecule has 0 spiro atoms. The number of likely N-dealkylation sites (N-methyl/N-ethyl adjacent to an activating group) is 1. The van der Waals surface area contributed by atoms with Gasteiger partial charge in [-0.05, 0) is 19.4 Å². The fourth-order valence-electron chi connectivity index (χ4n) is 1.72. The van der Waals surface area contributed by atoms with Crippen LogP contribution in [0.5, 0.6) is 0 Å². The zero-order chi connectivity index (χ0) is 5.56. The molecule has 2 atom stereocenters. The molecule has 2 bridgehead atoms. The van der Waals surface area contributed by atoms with Gasteiger partial charge in [0.2, 0.25) is 0 Å². The molecular formula is C7H11N. The highest BCUT2D eigenvalue weighted by Crippen LogP contribution is 2.29. The summed E-state index contributed by atoms with van der Waals surface area (Å²) in [6, 6.07) is 0.792. The predicted molar refractivity (Wildman–Crippen MR) is 33.7 cm³/mol. The Hall–Kier alpha value is -0.300. The monoisotopic (exact) mass is 109 g/mol. The maximum absolute atomic E-state index is 2.42.